The minimum atomic E-state index is -0.0202. The van der Waals surface area contributed by atoms with E-state index in [1.54, 1.807) is 7.11 Å². The van der Waals surface area contributed by atoms with Crippen molar-refractivity contribution in [2.45, 2.75) is 25.3 Å². The first kappa shape index (κ1) is 17.1. The molecule has 1 N–H and O–H groups in total. The second-order valence-electron chi connectivity index (χ2n) is 7.50. The van der Waals surface area contributed by atoms with Crippen molar-refractivity contribution in [3.05, 3.63) is 12.1 Å². The molecule has 3 heterocycles. The number of hydrogen-bond acceptors (Lipinski definition) is 6. The Morgan fingerprint density at radius 1 is 1.33 bits per heavy atom. The molecule has 2 aliphatic heterocycles. The molecule has 1 aliphatic carbocycles. The number of thiazole rings is 1. The Labute approximate surface area is 162 Å². The topological polar surface area (TPSA) is 66.9 Å². The number of rotatable bonds is 3. The number of nitrogens with one attached hydrogen (secondary N) is 1. The van der Waals surface area contributed by atoms with Gasteiger partial charge in [0.05, 0.1) is 30.7 Å². The molecule has 1 saturated carbocycles. The quantitative estimate of drug-likeness (QED) is 0.875. The predicted molar refractivity (Wildman–Crippen MR) is 106 cm³/mol. The third kappa shape index (κ3) is 3.00. The SMILES string of the molecule is COc1ccc(N2CCOCC2)c2sc(NC(=O)N3CC4CCC3C4)nc12. The van der Waals surface area contributed by atoms with Gasteiger partial charge in [0.2, 0.25) is 0 Å². The number of amides is 2. The van der Waals surface area contributed by atoms with Crippen LogP contribution in [0, 0.1) is 5.92 Å². The molecule has 144 valence electrons. The number of ether oxygens (including phenoxy) is 2. The van der Waals surface area contributed by atoms with Gasteiger partial charge in [-0.3, -0.25) is 5.32 Å². The van der Waals surface area contributed by atoms with Crippen molar-refractivity contribution in [3.8, 4) is 5.75 Å². The molecule has 1 aromatic heterocycles. The molecule has 2 aromatic rings. The Morgan fingerprint density at radius 2 is 2.19 bits per heavy atom. The van der Waals surface area contributed by atoms with E-state index < -0.39 is 0 Å². The Balaban J connectivity index is 1.44. The van der Waals surface area contributed by atoms with Crippen LogP contribution in [0.3, 0.4) is 0 Å². The lowest BCUT2D eigenvalue weighted by Gasteiger charge is -2.29. The van der Waals surface area contributed by atoms with Crippen LogP contribution in [-0.2, 0) is 4.74 Å². The second-order valence-corrected chi connectivity index (χ2v) is 8.50. The van der Waals surface area contributed by atoms with E-state index in [4.69, 9.17) is 9.47 Å². The van der Waals surface area contributed by atoms with Gasteiger partial charge in [-0.1, -0.05) is 11.3 Å². The molecule has 5 rings (SSSR count). The lowest BCUT2D eigenvalue weighted by molar-refractivity contribution is 0.123. The maximum absolute atomic E-state index is 12.7. The Morgan fingerprint density at radius 3 is 2.89 bits per heavy atom. The van der Waals surface area contributed by atoms with Gasteiger partial charge in [-0.25, -0.2) is 9.78 Å². The van der Waals surface area contributed by atoms with Crippen LogP contribution in [0.4, 0.5) is 15.6 Å². The smallest absolute Gasteiger partial charge is 0.323 e. The van der Waals surface area contributed by atoms with E-state index in [1.807, 2.05) is 11.0 Å². The lowest BCUT2D eigenvalue weighted by atomic mass is 10.1. The number of aromatic nitrogens is 1. The van der Waals surface area contributed by atoms with Crippen LogP contribution in [0.2, 0.25) is 0 Å². The highest BCUT2D eigenvalue weighted by Gasteiger charge is 2.40. The van der Waals surface area contributed by atoms with Crippen LogP contribution in [0.25, 0.3) is 10.2 Å². The van der Waals surface area contributed by atoms with Crippen LogP contribution in [-0.4, -0.2) is 61.9 Å². The monoisotopic (exact) mass is 388 g/mol. The first-order valence-corrected chi connectivity index (χ1v) is 10.4. The van der Waals surface area contributed by atoms with Gasteiger partial charge in [0.1, 0.15) is 11.3 Å². The normalized spacial score (nSPS) is 24.6. The summed E-state index contributed by atoms with van der Waals surface area (Å²) in [6.45, 7) is 4.06. The zero-order chi connectivity index (χ0) is 18.4. The van der Waals surface area contributed by atoms with E-state index in [9.17, 15) is 4.79 Å². The van der Waals surface area contributed by atoms with Crippen LogP contribution < -0.4 is 15.0 Å². The molecule has 1 aromatic carbocycles. The summed E-state index contributed by atoms with van der Waals surface area (Å²) < 4.78 is 12.0. The van der Waals surface area contributed by atoms with Crippen molar-refractivity contribution >= 4 is 38.4 Å². The fourth-order valence-corrected chi connectivity index (χ4v) is 5.59. The third-order valence-electron chi connectivity index (χ3n) is 5.94. The molecule has 7 nitrogen and oxygen atoms in total. The van der Waals surface area contributed by atoms with Crippen molar-refractivity contribution < 1.29 is 14.3 Å². The largest absolute Gasteiger partial charge is 0.494 e. The number of carbonyl (C=O) groups is 1. The van der Waals surface area contributed by atoms with Gasteiger partial charge < -0.3 is 19.3 Å². The highest BCUT2D eigenvalue weighted by atomic mass is 32.1. The van der Waals surface area contributed by atoms with Gasteiger partial charge in [-0.2, -0.15) is 0 Å². The van der Waals surface area contributed by atoms with E-state index in [1.165, 1.54) is 17.8 Å². The minimum absolute atomic E-state index is 0.0202. The molecular weight excluding hydrogens is 364 g/mol. The molecule has 2 unspecified atom stereocenters. The van der Waals surface area contributed by atoms with E-state index in [-0.39, 0.29) is 6.03 Å². The van der Waals surface area contributed by atoms with E-state index in [0.717, 1.165) is 67.3 Å². The molecule has 0 spiro atoms. The van der Waals surface area contributed by atoms with Gasteiger partial charge in [0.15, 0.2) is 5.13 Å². The summed E-state index contributed by atoms with van der Waals surface area (Å²) in [5, 5.41) is 3.67. The molecule has 8 heteroatoms. The fraction of sp³-hybridized carbons (Fsp3) is 0.579. The Bertz CT molecular complexity index is 864. The minimum Gasteiger partial charge on any atom is -0.494 e. The molecular formula is C19H24N4O3S. The van der Waals surface area contributed by atoms with Crippen LogP contribution in [0.5, 0.6) is 5.75 Å². The number of anilines is 2. The maximum atomic E-state index is 12.7. The zero-order valence-corrected chi connectivity index (χ0v) is 16.3. The van der Waals surface area contributed by atoms with E-state index in [2.05, 4.69) is 21.3 Å². The molecule has 2 amide bonds. The average Bonchev–Trinajstić information content (AvgIpc) is 3.43. The lowest BCUT2D eigenvalue weighted by Crippen LogP contribution is -2.40. The summed E-state index contributed by atoms with van der Waals surface area (Å²) in [7, 11) is 1.65. The Hall–Kier alpha value is -2.06. The van der Waals surface area contributed by atoms with Crippen LogP contribution >= 0.6 is 11.3 Å². The summed E-state index contributed by atoms with van der Waals surface area (Å²) in [4.78, 5) is 21.7. The van der Waals surface area contributed by atoms with Gasteiger partial charge in [0.25, 0.3) is 0 Å². The molecule has 2 saturated heterocycles. The number of carbonyl (C=O) groups excluding carboxylic acids is 1. The summed E-state index contributed by atoms with van der Waals surface area (Å²) in [6, 6.07) is 4.42. The maximum Gasteiger partial charge on any atom is 0.323 e. The molecule has 3 fully saturated rings. The third-order valence-corrected chi connectivity index (χ3v) is 6.93. The number of methoxy groups -OCH3 is 1. The van der Waals surface area contributed by atoms with Gasteiger partial charge >= 0.3 is 6.03 Å². The van der Waals surface area contributed by atoms with Crippen molar-refractivity contribution in [2.24, 2.45) is 5.92 Å². The van der Waals surface area contributed by atoms with Crippen molar-refractivity contribution in [2.75, 3.05) is 50.2 Å². The fourth-order valence-electron chi connectivity index (χ4n) is 4.58. The van der Waals surface area contributed by atoms with Crippen LogP contribution in [0.15, 0.2) is 12.1 Å². The van der Waals surface area contributed by atoms with Crippen molar-refractivity contribution in [1.82, 2.24) is 9.88 Å². The summed E-state index contributed by atoms with van der Waals surface area (Å²) in [6.07, 6.45) is 3.55. The molecule has 2 bridgehead atoms. The summed E-state index contributed by atoms with van der Waals surface area (Å²) >= 11 is 1.52. The van der Waals surface area contributed by atoms with E-state index in [0.29, 0.717) is 17.1 Å². The number of likely N-dealkylation sites (tertiary alicyclic amines) is 1. The predicted octanol–water partition coefficient (Wildman–Crippen LogP) is 3.16. The number of piperidine rings is 1. The number of fused-ring (bicyclic) bond motifs is 3. The highest BCUT2D eigenvalue weighted by Crippen LogP contribution is 2.41. The van der Waals surface area contributed by atoms with Crippen molar-refractivity contribution in [3.63, 3.8) is 0 Å². The van der Waals surface area contributed by atoms with E-state index >= 15 is 0 Å². The zero-order valence-electron chi connectivity index (χ0n) is 15.4. The summed E-state index contributed by atoms with van der Waals surface area (Å²) in [5.74, 6) is 1.42. The number of benzene rings is 1. The van der Waals surface area contributed by atoms with Gasteiger partial charge in [-0.15, -0.1) is 0 Å². The standard InChI is InChI=1S/C19H24N4O3S/c1-25-15-5-4-14(22-6-8-26-9-7-22)17-16(15)20-18(27-17)21-19(24)23-11-12-2-3-13(23)10-12/h4-5,12-13H,2-3,6-11H2,1H3,(H,20,21,24). The molecule has 2 atom stereocenters. The molecule has 0 radical (unpaired) electrons. The first-order chi connectivity index (χ1) is 13.2. The van der Waals surface area contributed by atoms with Crippen LogP contribution in [0.1, 0.15) is 19.3 Å². The highest BCUT2D eigenvalue weighted by molar-refractivity contribution is 7.23. The second kappa shape index (κ2) is 6.83. The number of nitrogens with zero attached hydrogens (tertiary/aromatic N) is 3. The number of hydrogen-bond donors (Lipinski definition) is 1. The number of morpholine rings is 1. The first-order valence-electron chi connectivity index (χ1n) is 9.61. The van der Waals surface area contributed by atoms with Gasteiger partial charge in [0, 0.05) is 25.7 Å². The average molecular weight is 388 g/mol. The molecule has 3 aliphatic rings. The summed E-state index contributed by atoms with van der Waals surface area (Å²) in [5.41, 5.74) is 1.94. The van der Waals surface area contributed by atoms with Gasteiger partial charge in [-0.05, 0) is 37.3 Å². The molecule has 27 heavy (non-hydrogen) atoms. The Kier molecular flexibility index (Phi) is 4.32. The number of urea groups is 1. The van der Waals surface area contributed by atoms with Crippen molar-refractivity contribution in [1.29, 1.82) is 0 Å².